The highest BCUT2D eigenvalue weighted by atomic mass is 32.2. The van der Waals surface area contributed by atoms with Gasteiger partial charge in [0.05, 0.1) is 11.0 Å². The minimum Gasteiger partial charge on any atom is -0.360 e. The number of hydrogen-bond acceptors (Lipinski definition) is 8. The molecule has 1 amide bonds. The average molecular weight is 608 g/mol. The molecule has 42 heavy (non-hydrogen) atoms. The fourth-order valence-corrected chi connectivity index (χ4v) is 6.32. The van der Waals surface area contributed by atoms with Crippen molar-refractivity contribution in [3.8, 4) is 17.2 Å². The third-order valence-electron chi connectivity index (χ3n) is 7.34. The summed E-state index contributed by atoms with van der Waals surface area (Å²) in [5.74, 6) is -3.09. The molecule has 2 aromatic rings. The van der Waals surface area contributed by atoms with Gasteiger partial charge in [0.1, 0.15) is 12.1 Å². The van der Waals surface area contributed by atoms with E-state index in [1.54, 1.807) is 36.4 Å². The van der Waals surface area contributed by atoms with Crippen molar-refractivity contribution in [3.63, 3.8) is 0 Å². The zero-order valence-electron chi connectivity index (χ0n) is 23.0. The monoisotopic (exact) mass is 607 g/mol. The number of amides is 1. The molecule has 0 spiro atoms. The summed E-state index contributed by atoms with van der Waals surface area (Å²) in [5, 5.41) is 12.9. The summed E-state index contributed by atoms with van der Waals surface area (Å²) < 4.78 is 65.4. The second kappa shape index (κ2) is 13.2. The number of alkyl halides is 3. The summed E-state index contributed by atoms with van der Waals surface area (Å²) in [7, 11) is -1.62. The number of likely N-dealkylation sites (N-methyl/N-ethyl adjacent to an activating group) is 1. The van der Waals surface area contributed by atoms with Gasteiger partial charge in [-0.2, -0.15) is 22.7 Å². The van der Waals surface area contributed by atoms with Crippen molar-refractivity contribution in [1.29, 1.82) is 5.26 Å². The number of nitrogens with one attached hydrogen (secondary N) is 1. The van der Waals surface area contributed by atoms with Crippen molar-refractivity contribution in [3.05, 3.63) is 54.1 Å². The van der Waals surface area contributed by atoms with Crippen LogP contribution in [0.1, 0.15) is 24.8 Å². The van der Waals surface area contributed by atoms with Crippen LogP contribution in [0, 0.1) is 11.3 Å². The summed E-state index contributed by atoms with van der Waals surface area (Å²) in [6.45, 7) is 2.21. The van der Waals surface area contributed by atoms with Gasteiger partial charge in [0.25, 0.3) is 0 Å². The summed E-state index contributed by atoms with van der Waals surface area (Å²) in [6, 6.07) is 13.7. The van der Waals surface area contributed by atoms with E-state index in [4.69, 9.17) is 0 Å². The molecule has 10 nitrogen and oxygen atoms in total. The molecule has 2 heterocycles. The highest BCUT2D eigenvalue weighted by Gasteiger charge is 2.44. The molecule has 2 fully saturated rings. The van der Waals surface area contributed by atoms with Crippen molar-refractivity contribution in [2.75, 3.05) is 39.8 Å². The predicted molar refractivity (Wildman–Crippen MR) is 146 cm³/mol. The molecule has 0 unspecified atom stereocenters. The lowest BCUT2D eigenvalue weighted by molar-refractivity contribution is -0.248. The molecule has 0 saturated carbocycles. The van der Waals surface area contributed by atoms with Gasteiger partial charge < -0.3 is 15.1 Å². The van der Waals surface area contributed by atoms with Gasteiger partial charge in [0.15, 0.2) is 0 Å². The number of nitriles is 1. The smallest absolute Gasteiger partial charge is 0.360 e. The van der Waals surface area contributed by atoms with Gasteiger partial charge >= 0.3 is 12.1 Å². The zero-order valence-corrected chi connectivity index (χ0v) is 23.8. The summed E-state index contributed by atoms with van der Waals surface area (Å²) in [4.78, 5) is 30.8. The molecule has 2 saturated heterocycles. The Kier molecular flexibility index (Phi) is 9.88. The predicted octanol–water partition coefficient (Wildman–Crippen LogP) is 2.72. The SMILES string of the molecule is CN1CCN(S(=O)(=O)c2ccc(-c3ccc(C[C@@H](C#N)NC(=O)[C@@H]4CCCCN4OC(=O)C(F)(F)F)cc3)cc2)CC1. The Bertz CT molecular complexity index is 1400. The van der Waals surface area contributed by atoms with E-state index >= 15 is 0 Å². The number of rotatable bonds is 8. The van der Waals surface area contributed by atoms with E-state index in [1.807, 2.05) is 25.2 Å². The summed E-state index contributed by atoms with van der Waals surface area (Å²) in [5.41, 5.74) is 2.35. The number of sulfonamides is 1. The maximum atomic E-state index is 13.0. The highest BCUT2D eigenvalue weighted by molar-refractivity contribution is 7.89. The first kappa shape index (κ1) is 31.4. The fraction of sp³-hybridized carbons (Fsp3) is 0.464. The molecule has 4 rings (SSSR count). The normalized spacial score (nSPS) is 19.9. The van der Waals surface area contributed by atoms with E-state index in [0.717, 1.165) is 21.8 Å². The third kappa shape index (κ3) is 7.65. The van der Waals surface area contributed by atoms with E-state index in [0.29, 0.717) is 39.0 Å². The van der Waals surface area contributed by atoms with Gasteiger partial charge in [0, 0.05) is 39.1 Å². The number of carbonyl (C=O) groups excluding carboxylic acids is 2. The number of piperidine rings is 1. The van der Waals surface area contributed by atoms with Crippen molar-refractivity contribution in [1.82, 2.24) is 19.6 Å². The minimum absolute atomic E-state index is 0.0264. The molecule has 226 valence electrons. The Hall–Kier alpha value is -3.51. The van der Waals surface area contributed by atoms with Crippen LogP contribution in [0.15, 0.2) is 53.4 Å². The van der Waals surface area contributed by atoms with Gasteiger partial charge in [0.2, 0.25) is 15.9 Å². The van der Waals surface area contributed by atoms with Gasteiger partial charge in [-0.1, -0.05) is 36.4 Å². The van der Waals surface area contributed by atoms with Crippen LogP contribution in [0.5, 0.6) is 0 Å². The van der Waals surface area contributed by atoms with Gasteiger partial charge in [-0.15, -0.1) is 5.06 Å². The molecule has 14 heteroatoms. The molecular weight excluding hydrogens is 575 g/mol. The molecule has 2 aromatic carbocycles. The van der Waals surface area contributed by atoms with Crippen molar-refractivity contribution < 1.29 is 36.0 Å². The minimum atomic E-state index is -5.19. The Labute approximate surface area is 242 Å². The standard InChI is InChI=1S/C28H32F3N5O5S/c1-34-14-16-35(17-15-34)42(39,40)24-11-9-22(10-12-24)21-7-5-20(6-8-21)18-23(19-32)33-26(37)25-4-2-3-13-36(25)41-27(38)28(29,30)31/h5-12,23,25H,2-4,13-18H2,1H3,(H,33,37)/t23-,25-/m0/s1. The van der Waals surface area contributed by atoms with Gasteiger partial charge in [-0.3, -0.25) is 4.79 Å². The number of piperazine rings is 1. The van der Waals surface area contributed by atoms with Crippen LogP contribution in [0.4, 0.5) is 13.2 Å². The molecule has 2 aliphatic rings. The third-order valence-corrected chi connectivity index (χ3v) is 9.25. The van der Waals surface area contributed by atoms with Crippen LogP contribution < -0.4 is 5.32 Å². The first-order valence-electron chi connectivity index (χ1n) is 13.5. The Morgan fingerprint density at radius 3 is 2.17 bits per heavy atom. The molecule has 0 aliphatic carbocycles. The van der Waals surface area contributed by atoms with Gasteiger partial charge in [-0.25, -0.2) is 13.2 Å². The lowest BCUT2D eigenvalue weighted by Gasteiger charge is -2.33. The lowest BCUT2D eigenvalue weighted by Crippen LogP contribution is -2.53. The Balaban J connectivity index is 1.36. The van der Waals surface area contributed by atoms with E-state index < -0.39 is 40.2 Å². The lowest BCUT2D eigenvalue weighted by atomic mass is 10.00. The maximum absolute atomic E-state index is 13.0. The van der Waals surface area contributed by atoms with Crippen LogP contribution in [-0.4, -0.2) is 92.6 Å². The zero-order chi connectivity index (χ0) is 30.5. The molecular formula is C28H32F3N5O5S. The highest BCUT2D eigenvalue weighted by Crippen LogP contribution is 2.25. The molecule has 0 aromatic heterocycles. The van der Waals surface area contributed by atoms with Crippen molar-refractivity contribution in [2.24, 2.45) is 0 Å². The largest absolute Gasteiger partial charge is 0.492 e. The number of halogens is 3. The number of carbonyl (C=O) groups is 2. The van der Waals surface area contributed by atoms with Crippen molar-refractivity contribution >= 4 is 21.9 Å². The van der Waals surface area contributed by atoms with Crippen LogP contribution in [0.2, 0.25) is 0 Å². The summed E-state index contributed by atoms with van der Waals surface area (Å²) in [6.07, 6.45) is -3.86. The second-order valence-electron chi connectivity index (χ2n) is 10.4. The Morgan fingerprint density at radius 1 is 1.00 bits per heavy atom. The Morgan fingerprint density at radius 2 is 1.60 bits per heavy atom. The summed E-state index contributed by atoms with van der Waals surface area (Å²) >= 11 is 0. The van der Waals surface area contributed by atoms with E-state index in [-0.39, 0.29) is 24.3 Å². The average Bonchev–Trinajstić information content (AvgIpc) is 2.97. The fourth-order valence-electron chi connectivity index (χ4n) is 4.90. The van der Waals surface area contributed by atoms with Crippen LogP contribution in [-0.2, 0) is 30.9 Å². The first-order valence-corrected chi connectivity index (χ1v) is 15.0. The van der Waals surface area contributed by atoms with Crippen LogP contribution in [0.3, 0.4) is 0 Å². The van der Waals surface area contributed by atoms with Crippen LogP contribution in [0.25, 0.3) is 11.1 Å². The van der Waals surface area contributed by atoms with E-state index in [2.05, 4.69) is 15.1 Å². The van der Waals surface area contributed by atoms with E-state index in [9.17, 15) is 36.4 Å². The molecule has 0 bridgehead atoms. The van der Waals surface area contributed by atoms with E-state index in [1.165, 1.54) is 4.31 Å². The number of hydroxylamine groups is 2. The van der Waals surface area contributed by atoms with Crippen LogP contribution >= 0.6 is 0 Å². The second-order valence-corrected chi connectivity index (χ2v) is 12.3. The number of nitrogens with zero attached hydrogens (tertiary/aromatic N) is 4. The molecule has 0 radical (unpaired) electrons. The quantitative estimate of drug-likeness (QED) is 0.486. The molecule has 1 N–H and O–H groups in total. The van der Waals surface area contributed by atoms with Crippen molar-refractivity contribution in [2.45, 2.75) is 48.8 Å². The molecule has 2 aliphatic heterocycles. The van der Waals surface area contributed by atoms with Gasteiger partial charge in [-0.05, 0) is 55.1 Å². The molecule has 2 atom stereocenters. The topological polar surface area (TPSA) is 123 Å². The number of benzene rings is 2. The number of hydrogen-bond donors (Lipinski definition) is 1. The first-order chi connectivity index (χ1) is 19.9. The maximum Gasteiger partial charge on any atom is 0.492 e.